The average Bonchev–Trinajstić information content (AvgIpc) is 3.49. The third kappa shape index (κ3) is 15.5. The van der Waals surface area contributed by atoms with Gasteiger partial charge < -0.3 is 28.7 Å². The van der Waals surface area contributed by atoms with Crippen molar-refractivity contribution in [1.29, 1.82) is 0 Å². The summed E-state index contributed by atoms with van der Waals surface area (Å²) in [5, 5.41) is 14.7. The van der Waals surface area contributed by atoms with Crippen LogP contribution in [0.2, 0.25) is 0 Å². The number of hydrogen-bond donors (Lipinski definition) is 0. The number of carboxylic acids is 1. The van der Waals surface area contributed by atoms with Crippen LogP contribution in [-0.4, -0.2) is 73.0 Å². The van der Waals surface area contributed by atoms with E-state index in [1.54, 1.807) is 40.2 Å². The van der Waals surface area contributed by atoms with Crippen molar-refractivity contribution in [2.75, 3.05) is 39.7 Å². The van der Waals surface area contributed by atoms with Gasteiger partial charge in [0.1, 0.15) is 21.6 Å². The van der Waals surface area contributed by atoms with E-state index < -0.39 is 57.1 Å². The molecule has 2 atom stereocenters. The van der Waals surface area contributed by atoms with Crippen LogP contribution in [0.3, 0.4) is 0 Å². The molecule has 1 aliphatic heterocycles. The zero-order valence-electron chi connectivity index (χ0n) is 29.7. The molecule has 17 heteroatoms. The number of alkyl halides is 1. The van der Waals surface area contributed by atoms with Crippen LogP contribution in [0.4, 0.5) is 4.39 Å². The van der Waals surface area contributed by atoms with Crippen molar-refractivity contribution < 1.29 is 119 Å². The minimum Gasteiger partial charge on any atom is -0.745 e. The van der Waals surface area contributed by atoms with Crippen LogP contribution in [0, 0.1) is 0 Å². The second-order valence-corrected chi connectivity index (χ2v) is 13.4. The van der Waals surface area contributed by atoms with Crippen LogP contribution in [0.25, 0.3) is 21.5 Å². The summed E-state index contributed by atoms with van der Waals surface area (Å²) in [7, 11) is -5.43. The Labute approximate surface area is 337 Å². The normalized spacial score (nSPS) is 14.2. The van der Waals surface area contributed by atoms with Gasteiger partial charge in [-0.15, -0.1) is 0 Å². The molecule has 262 valence electrons. The van der Waals surface area contributed by atoms with E-state index in [2.05, 4.69) is 8.92 Å². The van der Waals surface area contributed by atoms with E-state index in [9.17, 15) is 40.5 Å². The van der Waals surface area contributed by atoms with E-state index in [0.29, 0.717) is 18.6 Å². The first-order chi connectivity index (χ1) is 23.0. The minimum atomic E-state index is -4.58. The van der Waals surface area contributed by atoms with Crippen molar-refractivity contribution in [3.05, 3.63) is 83.9 Å². The molecule has 0 N–H and O–H groups in total. The molecule has 0 aliphatic carbocycles. The van der Waals surface area contributed by atoms with Gasteiger partial charge in [0, 0.05) is 11.9 Å². The molecule has 5 rings (SSSR count). The Morgan fingerprint density at radius 2 is 1.28 bits per heavy atom. The summed E-state index contributed by atoms with van der Waals surface area (Å²) in [6.45, 7) is 3.59. The third-order valence-electron chi connectivity index (χ3n) is 7.00. The quantitative estimate of drug-likeness (QED) is 0.0838. The van der Waals surface area contributed by atoms with Gasteiger partial charge in [-0.1, -0.05) is 55.5 Å². The Kier molecular flexibility index (Phi) is 20.6. The number of halogens is 1. The molecule has 1 heterocycles. The van der Waals surface area contributed by atoms with Crippen LogP contribution < -0.4 is 73.7 Å². The fourth-order valence-electron chi connectivity index (χ4n) is 4.29. The number of carbonyl (C=O) groups excluding carboxylic acids is 2. The number of methoxy groups -OCH3 is 2. The topological polar surface area (TPSA) is 185 Å². The molecule has 0 amide bonds. The second kappa shape index (κ2) is 22.6. The Morgan fingerprint density at radius 3 is 1.62 bits per heavy atom. The van der Waals surface area contributed by atoms with Crippen LogP contribution in [0.5, 0.6) is 11.5 Å². The van der Waals surface area contributed by atoms with Gasteiger partial charge in [-0.2, -0.15) is 8.42 Å². The minimum absolute atomic E-state index is 0. The monoisotopic (exact) mass is 755 g/mol. The average molecular weight is 756 g/mol. The first-order valence-electron chi connectivity index (χ1n) is 14.9. The van der Waals surface area contributed by atoms with Gasteiger partial charge in [0.15, 0.2) is 5.94 Å². The number of fused-ring (bicyclic) bond motifs is 2. The van der Waals surface area contributed by atoms with Crippen molar-refractivity contribution in [3.63, 3.8) is 0 Å². The van der Waals surface area contributed by atoms with Gasteiger partial charge in [-0.25, -0.2) is 8.42 Å². The molecule has 0 aromatic heterocycles. The number of carboxylic acid groups (broad SMARTS) is 1. The summed E-state index contributed by atoms with van der Waals surface area (Å²) in [6, 6.07) is 22.2. The molecule has 0 radical (unpaired) electrons. The number of hydrogen-bond acceptors (Lipinski definition) is 12. The molecule has 1 aliphatic rings. The molecular weight excluding hydrogens is 717 g/mol. The van der Waals surface area contributed by atoms with Crippen LogP contribution in [-0.2, 0) is 38.7 Å². The Hall–Kier alpha value is -2.31. The van der Waals surface area contributed by atoms with Gasteiger partial charge in [-0.05, 0) is 70.3 Å². The molecule has 0 spiro atoms. The van der Waals surface area contributed by atoms with Crippen molar-refractivity contribution in [3.8, 4) is 11.5 Å². The fourth-order valence-corrected chi connectivity index (χ4v) is 5.51. The van der Waals surface area contributed by atoms with Gasteiger partial charge in [0.2, 0.25) is 0 Å². The number of ether oxygens (including phenoxy) is 3. The predicted molar refractivity (Wildman–Crippen MR) is 175 cm³/mol. The van der Waals surface area contributed by atoms with Crippen molar-refractivity contribution in [1.82, 2.24) is 0 Å². The number of benzene rings is 4. The van der Waals surface area contributed by atoms with E-state index in [1.165, 1.54) is 0 Å². The Balaban J connectivity index is 0.000000762. The van der Waals surface area contributed by atoms with Crippen LogP contribution >= 0.6 is 0 Å². The maximum Gasteiger partial charge on any atom is 1.00 e. The third-order valence-corrected chi connectivity index (χ3v) is 8.72. The Morgan fingerprint density at radius 1 is 0.860 bits per heavy atom. The maximum atomic E-state index is 11.8. The number of aliphatic carboxylic acids is 1. The summed E-state index contributed by atoms with van der Waals surface area (Å²) in [5.41, 5.74) is 1.42. The summed E-state index contributed by atoms with van der Waals surface area (Å²) in [4.78, 5) is 22.6. The maximum absolute atomic E-state index is 11.8. The van der Waals surface area contributed by atoms with Crippen LogP contribution in [0.1, 0.15) is 44.6 Å². The molecule has 2 unspecified atom stereocenters. The first-order valence-corrected chi connectivity index (χ1v) is 17.4. The van der Waals surface area contributed by atoms with E-state index in [0.717, 1.165) is 38.6 Å². The first kappa shape index (κ1) is 45.7. The zero-order valence-corrected chi connectivity index (χ0v) is 34.3. The van der Waals surface area contributed by atoms with E-state index >= 15 is 0 Å². The SMILES string of the molecule is COc1ccc2cc(C(C)C(=O)OCS(=O)(=O)[O-])ccc2c1.COc1ccc2cc(C(C)C(=O)[O-])ccc2c1.O=S1(=O)CCCO1.[2H]CF.[Na+].[Na+]. The molecule has 12 nitrogen and oxygen atoms in total. The Bertz CT molecular complexity index is 1940. The van der Waals surface area contributed by atoms with E-state index in [-0.39, 0.29) is 64.9 Å². The zero-order chi connectivity index (χ0) is 36.8. The smallest absolute Gasteiger partial charge is 0.745 e. The largest absolute Gasteiger partial charge is 1.00 e. The molecule has 0 bridgehead atoms. The van der Waals surface area contributed by atoms with Crippen LogP contribution in [0.15, 0.2) is 72.8 Å². The van der Waals surface area contributed by atoms with Gasteiger partial charge in [0.05, 0.1) is 41.0 Å². The van der Waals surface area contributed by atoms with Crippen molar-refractivity contribution >= 4 is 53.7 Å². The van der Waals surface area contributed by atoms with E-state index in [1.807, 2.05) is 60.7 Å². The molecule has 1 fully saturated rings. The predicted octanol–water partition coefficient (Wildman–Crippen LogP) is -1.97. The molecule has 4 aromatic carbocycles. The molecule has 1 saturated heterocycles. The number of rotatable bonds is 8. The van der Waals surface area contributed by atoms with E-state index in [4.69, 9.17) is 10.8 Å². The van der Waals surface area contributed by atoms with Crippen molar-refractivity contribution in [2.45, 2.75) is 32.1 Å². The second-order valence-electron chi connectivity index (χ2n) is 10.3. The summed E-state index contributed by atoms with van der Waals surface area (Å²) in [6.07, 6.45) is 0.655. The standard InChI is InChI=1S/C15H16O6S.C14H14O3.C3H6O3S.CH3F.2Na/c1-10(15(16)21-9-22(17,18)19)11-3-4-13-8-14(20-2)6-5-12(13)7-11;1-9(14(15)16)10-3-4-12-8-13(17-2)6-5-11(12)7-10;4-7(5)3-1-2-6-7;1-2;;/h3-8,10H,9H2,1-2H3,(H,17,18,19);3-9H,1-2H3,(H,15,16);1-3H2;1H3;;/q;;;;2*+1/p-2/i;;;1D;;. The summed E-state index contributed by atoms with van der Waals surface area (Å²) >= 11 is 0. The molecule has 4 aromatic rings. The molecular formula is C33H37FNa2O12S2. The van der Waals surface area contributed by atoms with Gasteiger partial charge in [-0.3, -0.25) is 13.4 Å². The summed E-state index contributed by atoms with van der Waals surface area (Å²) < 4.78 is 86.5. The summed E-state index contributed by atoms with van der Waals surface area (Å²) in [5.74, 6) is -2.51. The van der Waals surface area contributed by atoms with Gasteiger partial charge >= 0.3 is 65.1 Å². The fraction of sp³-hybridized carbons (Fsp3) is 0.333. The van der Waals surface area contributed by atoms with Gasteiger partial charge in [0.25, 0.3) is 10.1 Å². The molecule has 0 saturated carbocycles. The molecule has 50 heavy (non-hydrogen) atoms. The van der Waals surface area contributed by atoms with Crippen molar-refractivity contribution in [2.24, 2.45) is 0 Å². The number of carbonyl (C=O) groups is 2. The number of esters is 1.